The Balaban J connectivity index is 2.07. The monoisotopic (exact) mass is 299 g/mol. The van der Waals surface area contributed by atoms with E-state index >= 15 is 0 Å². The number of likely N-dealkylation sites (N-methyl/N-ethyl adjacent to an activating group) is 1. The van der Waals surface area contributed by atoms with Gasteiger partial charge in [-0.25, -0.2) is 0 Å². The summed E-state index contributed by atoms with van der Waals surface area (Å²) in [5, 5.41) is 0. The molecular formula is C15H18F3N2O+. The van der Waals surface area contributed by atoms with Gasteiger partial charge in [-0.3, -0.25) is 4.79 Å². The number of benzene rings is 1. The van der Waals surface area contributed by atoms with Gasteiger partial charge in [-0.05, 0) is 18.6 Å². The second-order valence-electron chi connectivity index (χ2n) is 6.11. The maximum absolute atomic E-state index is 12.9. The van der Waals surface area contributed by atoms with Crippen LogP contribution in [0.2, 0.25) is 0 Å². The van der Waals surface area contributed by atoms with Crippen LogP contribution >= 0.6 is 0 Å². The first-order valence-corrected chi connectivity index (χ1v) is 7.11. The van der Waals surface area contributed by atoms with E-state index in [1.54, 1.807) is 12.1 Å². The highest BCUT2D eigenvalue weighted by molar-refractivity contribution is 6.00. The predicted octanol–water partition coefficient (Wildman–Crippen LogP) is 1.27. The Morgan fingerprint density at radius 1 is 1.38 bits per heavy atom. The Morgan fingerprint density at radius 3 is 2.76 bits per heavy atom. The SMILES string of the molecule is Cc1ccc2c(c1)[C@H]1C[NH+](C)CC[C@@H]1N2C(=O)C(F)(F)F. The topological polar surface area (TPSA) is 24.8 Å². The number of aryl methyl sites for hydroxylation is 1. The predicted molar refractivity (Wildman–Crippen MR) is 72.5 cm³/mol. The Bertz CT molecular complexity index is 585. The maximum atomic E-state index is 12.9. The zero-order valence-corrected chi connectivity index (χ0v) is 12.0. The smallest absolute Gasteiger partial charge is 0.337 e. The molecule has 21 heavy (non-hydrogen) atoms. The summed E-state index contributed by atoms with van der Waals surface area (Å²) < 4.78 is 38.7. The van der Waals surface area contributed by atoms with E-state index in [-0.39, 0.29) is 12.0 Å². The fraction of sp³-hybridized carbons (Fsp3) is 0.533. The van der Waals surface area contributed by atoms with Gasteiger partial charge in [-0.2, -0.15) is 13.2 Å². The van der Waals surface area contributed by atoms with Crippen LogP contribution in [0.25, 0.3) is 0 Å². The van der Waals surface area contributed by atoms with E-state index in [1.807, 2.05) is 20.0 Å². The summed E-state index contributed by atoms with van der Waals surface area (Å²) >= 11 is 0. The van der Waals surface area contributed by atoms with Crippen LogP contribution in [0.5, 0.6) is 0 Å². The van der Waals surface area contributed by atoms with Crippen LogP contribution in [0.4, 0.5) is 18.9 Å². The second kappa shape index (κ2) is 4.73. The molecule has 114 valence electrons. The summed E-state index contributed by atoms with van der Waals surface area (Å²) in [5.74, 6) is -1.74. The summed E-state index contributed by atoms with van der Waals surface area (Å²) in [4.78, 5) is 14.1. The molecule has 3 atom stereocenters. The number of carbonyl (C=O) groups is 1. The molecule has 0 spiro atoms. The van der Waals surface area contributed by atoms with Crippen LogP contribution in [-0.2, 0) is 4.79 Å². The summed E-state index contributed by atoms with van der Waals surface area (Å²) in [6.07, 6.45) is -4.22. The van der Waals surface area contributed by atoms with Crippen molar-refractivity contribution >= 4 is 11.6 Å². The number of quaternary nitrogens is 1. The highest BCUT2D eigenvalue weighted by atomic mass is 19.4. The van der Waals surface area contributed by atoms with E-state index < -0.39 is 12.1 Å². The molecule has 2 aliphatic heterocycles. The minimum absolute atomic E-state index is 0.0000463. The minimum atomic E-state index is -4.83. The molecule has 3 rings (SSSR count). The molecule has 1 aromatic rings. The van der Waals surface area contributed by atoms with Gasteiger partial charge in [-0.15, -0.1) is 0 Å². The molecule has 1 unspecified atom stereocenters. The lowest BCUT2D eigenvalue weighted by atomic mass is 9.89. The normalized spacial score (nSPS) is 28.2. The van der Waals surface area contributed by atoms with Crippen LogP contribution < -0.4 is 9.80 Å². The van der Waals surface area contributed by atoms with Crippen molar-refractivity contribution in [2.75, 3.05) is 25.0 Å². The van der Waals surface area contributed by atoms with Gasteiger partial charge in [0.15, 0.2) is 0 Å². The van der Waals surface area contributed by atoms with Crippen LogP contribution in [0.1, 0.15) is 23.5 Å². The first kappa shape index (κ1) is 14.4. The average Bonchev–Trinajstić information content (AvgIpc) is 2.70. The quantitative estimate of drug-likeness (QED) is 0.767. The van der Waals surface area contributed by atoms with Gasteiger partial charge >= 0.3 is 12.1 Å². The molecule has 2 heterocycles. The molecule has 1 fully saturated rings. The number of carbonyl (C=O) groups excluding carboxylic acids is 1. The number of alkyl halides is 3. The van der Waals surface area contributed by atoms with Gasteiger partial charge in [0, 0.05) is 12.1 Å². The minimum Gasteiger partial charge on any atom is -0.337 e. The number of rotatable bonds is 0. The van der Waals surface area contributed by atoms with E-state index in [0.717, 1.165) is 29.1 Å². The third-order valence-electron chi connectivity index (χ3n) is 4.53. The van der Waals surface area contributed by atoms with Crippen LogP contribution in [-0.4, -0.2) is 38.3 Å². The molecule has 0 radical (unpaired) electrons. The van der Waals surface area contributed by atoms with Crippen LogP contribution in [0.15, 0.2) is 18.2 Å². The van der Waals surface area contributed by atoms with Gasteiger partial charge < -0.3 is 9.80 Å². The van der Waals surface area contributed by atoms with E-state index in [0.29, 0.717) is 12.1 Å². The zero-order chi connectivity index (χ0) is 15.4. The highest BCUT2D eigenvalue weighted by Gasteiger charge is 2.52. The lowest BCUT2D eigenvalue weighted by molar-refractivity contribution is -0.886. The lowest BCUT2D eigenvalue weighted by Crippen LogP contribution is -3.11. The van der Waals surface area contributed by atoms with E-state index in [2.05, 4.69) is 0 Å². The molecule has 0 aliphatic carbocycles. The fourth-order valence-electron chi connectivity index (χ4n) is 3.60. The molecule has 6 heteroatoms. The number of halogens is 3. The fourth-order valence-corrected chi connectivity index (χ4v) is 3.60. The highest BCUT2D eigenvalue weighted by Crippen LogP contribution is 2.44. The molecule has 1 saturated heterocycles. The van der Waals surface area contributed by atoms with Crippen molar-refractivity contribution < 1.29 is 22.9 Å². The van der Waals surface area contributed by atoms with E-state index in [9.17, 15) is 18.0 Å². The van der Waals surface area contributed by atoms with Gasteiger partial charge in [-0.1, -0.05) is 17.7 Å². The first-order chi connectivity index (χ1) is 9.79. The van der Waals surface area contributed by atoms with Gasteiger partial charge in [0.1, 0.15) is 0 Å². The number of nitrogens with zero attached hydrogens (tertiary/aromatic N) is 1. The number of nitrogens with one attached hydrogen (secondary N) is 1. The summed E-state index contributed by atoms with van der Waals surface area (Å²) in [5.41, 5.74) is 2.33. The Morgan fingerprint density at radius 2 is 2.10 bits per heavy atom. The number of fused-ring (bicyclic) bond motifs is 3. The number of hydrogen-bond acceptors (Lipinski definition) is 1. The largest absolute Gasteiger partial charge is 0.471 e. The Kier molecular flexibility index (Phi) is 3.24. The lowest BCUT2D eigenvalue weighted by Gasteiger charge is -2.34. The molecule has 2 aliphatic rings. The van der Waals surface area contributed by atoms with Crippen molar-refractivity contribution in [3.63, 3.8) is 0 Å². The third kappa shape index (κ3) is 2.31. The van der Waals surface area contributed by atoms with Gasteiger partial charge in [0.05, 0.1) is 32.1 Å². The van der Waals surface area contributed by atoms with Crippen molar-refractivity contribution in [1.29, 1.82) is 0 Å². The average molecular weight is 299 g/mol. The molecule has 0 saturated carbocycles. The first-order valence-electron chi connectivity index (χ1n) is 7.11. The molecule has 1 N–H and O–H groups in total. The zero-order valence-electron chi connectivity index (χ0n) is 12.0. The number of likely N-dealkylation sites (tertiary alicyclic amines) is 1. The number of hydrogen-bond donors (Lipinski definition) is 1. The van der Waals surface area contributed by atoms with Crippen LogP contribution in [0, 0.1) is 6.92 Å². The molecule has 0 aromatic heterocycles. The van der Waals surface area contributed by atoms with Crippen LogP contribution in [0.3, 0.4) is 0 Å². The summed E-state index contributed by atoms with van der Waals surface area (Å²) in [7, 11) is 2.04. The molecule has 0 bridgehead atoms. The molecule has 1 aromatic carbocycles. The number of amides is 1. The van der Waals surface area contributed by atoms with E-state index in [1.165, 1.54) is 4.90 Å². The van der Waals surface area contributed by atoms with Crippen molar-refractivity contribution in [2.45, 2.75) is 31.5 Å². The van der Waals surface area contributed by atoms with Gasteiger partial charge in [0.2, 0.25) is 0 Å². The van der Waals surface area contributed by atoms with Crippen molar-refractivity contribution in [3.05, 3.63) is 29.3 Å². The maximum Gasteiger partial charge on any atom is 0.471 e. The van der Waals surface area contributed by atoms with E-state index in [4.69, 9.17) is 0 Å². The summed E-state index contributed by atoms with van der Waals surface area (Å²) in [6, 6.07) is 4.99. The second-order valence-corrected chi connectivity index (χ2v) is 6.11. The Hall–Kier alpha value is -1.56. The number of anilines is 1. The van der Waals surface area contributed by atoms with Crippen molar-refractivity contribution in [3.8, 4) is 0 Å². The third-order valence-corrected chi connectivity index (χ3v) is 4.53. The summed E-state index contributed by atoms with van der Waals surface area (Å²) in [6.45, 7) is 3.47. The van der Waals surface area contributed by atoms with Crippen molar-refractivity contribution in [1.82, 2.24) is 0 Å². The molecule has 3 nitrogen and oxygen atoms in total. The molecule has 1 amide bonds. The standard InChI is InChI=1S/C15H17F3N2O/c1-9-3-4-12-10(7-9)11-8-19(2)6-5-13(11)20(12)14(21)15(16,17)18/h3-4,7,11,13H,5-6,8H2,1-2H3/p+1/t11-,13+/m1/s1. The Labute approximate surface area is 121 Å². The van der Waals surface area contributed by atoms with Gasteiger partial charge in [0.25, 0.3) is 0 Å². The number of piperidine rings is 1. The van der Waals surface area contributed by atoms with Crippen molar-refractivity contribution in [2.24, 2.45) is 0 Å². The molecular weight excluding hydrogens is 281 g/mol.